The Kier molecular flexibility index (Phi) is 52.4. The number of esters is 2. The van der Waals surface area contributed by atoms with Crippen LogP contribution >= 0.6 is 97.4 Å². The van der Waals surface area contributed by atoms with E-state index >= 15 is 0 Å². The number of nitrogens with one attached hydrogen (secondary N) is 1. The number of nitrogen functional groups attached to an aromatic ring is 2. The van der Waals surface area contributed by atoms with Crippen LogP contribution in [0.1, 0.15) is 87.3 Å². The average Bonchev–Trinajstić information content (AvgIpc) is 1.56. The maximum Gasteiger partial charge on any atom is 1.00 e. The molecular weight excluding hydrogens is 2020 g/mol. The number of carbonyl (C=O) groups is 9. The van der Waals surface area contributed by atoms with Crippen molar-refractivity contribution in [3.8, 4) is 0 Å². The van der Waals surface area contributed by atoms with Crippen molar-refractivity contribution in [1.82, 2.24) is 0 Å². The number of halogens is 8. The molecule has 0 atom stereocenters. The molecule has 5 aliphatic heterocycles. The monoisotopic (exact) mass is 2100 g/mol. The molecule has 0 radical (unpaired) electrons. The summed E-state index contributed by atoms with van der Waals surface area (Å²) in [5, 5.41) is 49.7. The van der Waals surface area contributed by atoms with E-state index in [-0.39, 0.29) is 200 Å². The first kappa shape index (κ1) is 111. The summed E-state index contributed by atoms with van der Waals surface area (Å²) in [5.74, 6) is -0.758. The number of methoxy groups -OCH3 is 2. The third kappa shape index (κ3) is 33.2. The van der Waals surface area contributed by atoms with Gasteiger partial charge in [0.25, 0.3) is 17.8 Å². The minimum absolute atomic E-state index is 0. The molecule has 0 saturated heterocycles. The van der Waals surface area contributed by atoms with Crippen LogP contribution in [0.5, 0.6) is 0 Å². The summed E-state index contributed by atoms with van der Waals surface area (Å²) in [4.78, 5) is 128. The Hall–Kier alpha value is -6.36. The minimum Gasteiger partial charge on any atom is -1.00 e. The zero-order chi connectivity index (χ0) is 90.2. The number of amides is 5. The van der Waals surface area contributed by atoms with Gasteiger partial charge in [-0.2, -0.15) is 0 Å². The molecule has 8 aliphatic rings. The number of alkyl halides is 3. The molecule has 121 heavy (non-hydrogen) atoms. The third-order valence-electron chi connectivity index (χ3n) is 18.6. The molecule has 8 aromatic carbocycles. The number of carboxylic acid groups (broad SMARTS) is 1. The number of rotatable bonds is 10. The number of aliphatic hydroxyl groups excluding tert-OH is 1. The summed E-state index contributed by atoms with van der Waals surface area (Å²) in [5.41, 5.74) is 24.5. The van der Waals surface area contributed by atoms with Gasteiger partial charge in [-0.25, -0.2) is 4.21 Å². The fraction of sp³-hybridized carbons (Fsp3) is 0.296. The number of para-hydroxylation sites is 6. The number of ether oxygens (including phenoxy) is 2. The van der Waals surface area contributed by atoms with E-state index in [2.05, 4.69) is 129 Å². The van der Waals surface area contributed by atoms with E-state index in [1.807, 2.05) is 143 Å². The van der Waals surface area contributed by atoms with Crippen LogP contribution in [-0.4, -0.2) is 146 Å². The van der Waals surface area contributed by atoms with E-state index in [0.717, 1.165) is 117 Å². The second-order valence-electron chi connectivity index (χ2n) is 25.7. The number of benzene rings is 8. The fourth-order valence-corrected chi connectivity index (χ4v) is 13.0. The Morgan fingerprint density at radius 3 is 1.37 bits per heavy atom. The smallest absolute Gasteiger partial charge is 1.00 e. The van der Waals surface area contributed by atoms with Gasteiger partial charge in [-0.05, 0) is 133 Å². The van der Waals surface area contributed by atoms with E-state index in [4.69, 9.17) is 37.3 Å². The molecule has 16 rings (SSSR count). The Balaban J connectivity index is 0. The fourth-order valence-electron chi connectivity index (χ4n) is 12.6. The second-order valence-corrected chi connectivity index (χ2v) is 30.8. The van der Waals surface area contributed by atoms with Crippen LogP contribution in [0.4, 0.5) is 55.6 Å². The topological polar surface area (TPSA) is 425 Å². The largest absolute Gasteiger partial charge is 1.00 e. The molecule has 3 fully saturated rings. The SMILES string of the molecule is BrBr.BrCCBr.CN1C(=O)C2(CC2)c2cc(Br)ccc21.CN1C(=O)C2(CC2)c2cc(N)ccc21.CN1C(=O)C2(CC2)c2ccccc21.CN1C(=O)Cc2ccccc21.CO.COC(=O)Cc1ccccc1N.COC(=O)Cc1ccccc1[N+](=O)[O-].O=C(O)Cc1ccccc1[N+](=O)[O-].O=C1Cc2ccccc2N1.O=CO[O-].O=S(Cl)Cl.[2H]CF.[H-].[HH].[K+].[K+]. The Morgan fingerprint density at radius 2 is 0.959 bits per heavy atom. The molecule has 644 valence electrons. The number of carboxylic acids is 1. The maximum absolute atomic E-state index is 12.0. The van der Waals surface area contributed by atoms with Crippen LogP contribution in [-0.2, 0) is 115 Å². The molecule has 3 aliphatic carbocycles. The van der Waals surface area contributed by atoms with Gasteiger partial charge < -0.3 is 67.6 Å². The number of anilines is 7. The Morgan fingerprint density at radius 1 is 0.595 bits per heavy atom. The van der Waals surface area contributed by atoms with E-state index < -0.39 is 38.2 Å². The summed E-state index contributed by atoms with van der Waals surface area (Å²) in [6.07, 6.45) is 7.00. The quantitative estimate of drug-likeness (QED) is 0.00981. The summed E-state index contributed by atoms with van der Waals surface area (Å²) in [7, 11) is 17.4. The van der Waals surface area contributed by atoms with Gasteiger partial charge in [0, 0.05) is 165 Å². The number of nitro benzene ring substituents is 2. The first-order valence-corrected chi connectivity index (χ1v) is 44.8. The first-order valence-electron chi connectivity index (χ1n) is 35.9. The number of nitro groups is 2. The minimum atomic E-state index is -1.67. The number of fused-ring (bicyclic) bond motifs is 8. The zero-order valence-corrected chi connectivity index (χ0v) is 83.8. The van der Waals surface area contributed by atoms with Gasteiger partial charge in [-0.3, -0.25) is 67.8 Å². The maximum atomic E-state index is 12.0. The van der Waals surface area contributed by atoms with Gasteiger partial charge in [0.05, 0.1) is 80.9 Å². The van der Waals surface area contributed by atoms with Crippen molar-refractivity contribution in [3.05, 3.63) is 251 Å². The van der Waals surface area contributed by atoms with E-state index in [1.54, 1.807) is 43.9 Å². The Bertz CT molecular complexity index is 4780. The number of aliphatic carboxylic acids is 1. The molecule has 3 saturated carbocycles. The van der Waals surface area contributed by atoms with Gasteiger partial charge in [-0.15, -0.1) is 0 Å². The molecule has 5 amide bonds. The van der Waals surface area contributed by atoms with Gasteiger partial charge >= 0.3 is 121 Å². The van der Waals surface area contributed by atoms with Crippen LogP contribution in [0, 0.1) is 20.2 Å². The summed E-state index contributed by atoms with van der Waals surface area (Å²) >= 11 is 15.4. The first-order chi connectivity index (χ1) is 57.2. The third-order valence-corrected chi connectivity index (χ3v) is 21.0. The number of likely N-dealkylation sites (N-methyl/N-ethyl adjacent to an activating group) is 4. The number of nitrogens with zero attached hydrogens (tertiary/aromatic N) is 6. The average molecular weight is 2110 g/mol. The normalized spacial score (nSPS) is 14.0. The van der Waals surface area contributed by atoms with Crippen molar-refractivity contribution in [2.45, 2.75) is 86.9 Å². The van der Waals surface area contributed by atoms with E-state index in [0.29, 0.717) is 24.1 Å². The number of carbonyl (C=O) groups excluding carboxylic acids is 8. The molecular formula is C81H91Br5Cl2FK2N9O20S. The predicted octanol–water partition coefficient (Wildman–Crippen LogP) is 8.84. The number of hydrogen-bond donors (Lipinski definition) is 5. The molecule has 0 unspecified atom stereocenters. The van der Waals surface area contributed by atoms with Gasteiger partial charge in [0.15, 0.2) is 0 Å². The van der Waals surface area contributed by atoms with Gasteiger partial charge in [0.1, 0.15) is 0 Å². The van der Waals surface area contributed by atoms with Crippen LogP contribution in [0.2, 0.25) is 0 Å². The van der Waals surface area contributed by atoms with E-state index in [9.17, 15) is 63.0 Å². The summed E-state index contributed by atoms with van der Waals surface area (Å²) in [6, 6.07) is 54.7. The predicted molar refractivity (Wildman–Crippen MR) is 477 cm³/mol. The summed E-state index contributed by atoms with van der Waals surface area (Å²) in [6.45, 7) is -0.181. The van der Waals surface area contributed by atoms with Crippen molar-refractivity contribution >= 4 is 212 Å². The summed E-state index contributed by atoms with van der Waals surface area (Å²) < 4.78 is 34.6. The van der Waals surface area contributed by atoms with Crippen molar-refractivity contribution in [2.75, 3.05) is 104 Å². The second kappa shape index (κ2) is 57.3. The molecule has 8 aromatic rings. The zero-order valence-electron chi connectivity index (χ0n) is 69.3. The van der Waals surface area contributed by atoms with Crippen LogP contribution in [0.15, 0.2) is 186 Å². The molecule has 3 spiro atoms. The molecule has 0 bridgehead atoms. The van der Waals surface area contributed by atoms with Crippen molar-refractivity contribution in [2.24, 2.45) is 0 Å². The van der Waals surface area contributed by atoms with Gasteiger partial charge in [0.2, 0.25) is 38.8 Å². The van der Waals surface area contributed by atoms with Crippen LogP contribution < -0.4 is 144 Å². The molecule has 29 nitrogen and oxygen atoms in total. The molecule has 0 aromatic heterocycles. The number of aliphatic hydroxyl groups is 1. The van der Waals surface area contributed by atoms with Crippen LogP contribution in [0.25, 0.3) is 0 Å². The number of hydrogen-bond acceptors (Lipinski definition) is 21. The molecule has 40 heteroatoms. The number of nitrogens with two attached hydrogens (primary N) is 2. The standard InChI is InChI=1S/C11H10BrNO.C11H12N2O.C11H11NO.C9H9NO4.C9H11NO2.C9H9NO.C8H7NO4.C8H7NO.C2H4Br2.CH3F.CH2O3.CH4O.Br2.Cl2OS.2K.H2.H/c2*1-13-9-3-2-7(12)6-8(9)11(4-5-11)10(13)14;1-12-9-5-3-2-4-8(9)11(6-7-11)10(12)13;1-14-9(11)6-7-4-2-3-5-8(7)10(12)13;1-12-9(11)6-7-4-2-3-5-8(7)10;1-10-8-5-3-2-4-7(8)6-9(10)11;10-8(11)5-6-3-1-2-4-7(6)9(12)13;10-8-5-6-3-1-2-4-7(6)9-8;3-1-2-4;1-2;2-1-4-3;2*1-2;1-4(2)3;;;;/h2-3,6H,4-5H2,1H3;2-3,6H,4-5,12H2,1H3;2-5H,6-7H2,1H3;2-5H,6H2,1H3;2-5H,6,10H2,1H3;2-5H,6H2,1H3;1-4H,5H2,(H,10,11);1-4H,5H2,(H,9,10);1-2H2;1H3;1,3H;2H,1H3;;;;;1H;/q;;;;;;;;;;;;;;2*+1;;-1/p-1/i;;;;;;;;;1D;;;;;;;;. The van der Waals surface area contributed by atoms with E-state index in [1.165, 1.54) is 55.7 Å². The Labute approximate surface area is 841 Å². The van der Waals surface area contributed by atoms with Crippen molar-refractivity contribution in [3.63, 3.8) is 0 Å². The molecule has 7 N–H and O–H groups in total. The van der Waals surface area contributed by atoms with Crippen LogP contribution in [0.3, 0.4) is 0 Å². The van der Waals surface area contributed by atoms with Gasteiger partial charge in [-0.1, -0.05) is 157 Å². The molecule has 5 heterocycles. The van der Waals surface area contributed by atoms with Crippen molar-refractivity contribution in [1.29, 1.82) is 0 Å². The van der Waals surface area contributed by atoms with Crippen molar-refractivity contribution < 1.29 is 198 Å².